The molecule has 0 fully saturated rings. The maximum Gasteiger partial charge on any atom is 0.340 e. The summed E-state index contributed by atoms with van der Waals surface area (Å²) in [4.78, 5) is 47.5. The van der Waals surface area contributed by atoms with E-state index in [4.69, 9.17) is 4.74 Å². The van der Waals surface area contributed by atoms with Gasteiger partial charge in [-0.2, -0.15) is 0 Å². The van der Waals surface area contributed by atoms with Gasteiger partial charge in [-0.25, -0.2) is 14.8 Å². The third-order valence-electron chi connectivity index (χ3n) is 4.14. The lowest BCUT2D eigenvalue weighted by molar-refractivity contribution is -0.384. The number of esters is 1. The number of fused-ring (bicyclic) bond motifs is 1. The highest BCUT2D eigenvalue weighted by Gasteiger charge is 2.24. The Hall–Kier alpha value is -3.27. The molecule has 0 aliphatic heterocycles. The molecule has 150 valence electrons. The monoisotopic (exact) mass is 414 g/mol. The first-order valence-electron chi connectivity index (χ1n) is 8.86. The van der Waals surface area contributed by atoms with E-state index in [0.29, 0.717) is 27.7 Å². The molecule has 0 radical (unpaired) electrons. The third kappa shape index (κ3) is 3.97. The summed E-state index contributed by atoms with van der Waals surface area (Å²) in [6.45, 7) is 5.39. The summed E-state index contributed by atoms with van der Waals surface area (Å²) in [7, 11) is 0. The molecule has 0 bridgehead atoms. The van der Waals surface area contributed by atoms with Crippen LogP contribution in [0.25, 0.3) is 22.2 Å². The second-order valence-corrected chi connectivity index (χ2v) is 7.23. The van der Waals surface area contributed by atoms with Gasteiger partial charge in [0.15, 0.2) is 10.8 Å². The number of carbonyl (C=O) groups is 1. The van der Waals surface area contributed by atoms with Gasteiger partial charge in [-0.15, -0.1) is 0 Å². The van der Waals surface area contributed by atoms with E-state index in [1.165, 1.54) is 36.0 Å². The van der Waals surface area contributed by atoms with E-state index >= 15 is 0 Å². The van der Waals surface area contributed by atoms with Gasteiger partial charge in [0.25, 0.3) is 11.2 Å². The van der Waals surface area contributed by atoms with Crippen molar-refractivity contribution in [1.29, 1.82) is 0 Å². The first kappa shape index (κ1) is 20.5. The van der Waals surface area contributed by atoms with Gasteiger partial charge in [-0.05, 0) is 37.3 Å². The molecule has 0 spiro atoms. The van der Waals surface area contributed by atoms with Crippen LogP contribution < -0.4 is 5.56 Å². The molecule has 0 amide bonds. The van der Waals surface area contributed by atoms with Crippen molar-refractivity contribution in [2.75, 3.05) is 12.4 Å². The van der Waals surface area contributed by atoms with Gasteiger partial charge in [-0.3, -0.25) is 14.9 Å². The van der Waals surface area contributed by atoms with Gasteiger partial charge in [-0.1, -0.05) is 18.7 Å². The second-order valence-electron chi connectivity index (χ2n) is 5.97. The van der Waals surface area contributed by atoms with Gasteiger partial charge >= 0.3 is 5.97 Å². The first-order chi connectivity index (χ1) is 13.9. The van der Waals surface area contributed by atoms with Gasteiger partial charge in [0.05, 0.1) is 28.2 Å². The van der Waals surface area contributed by atoms with Crippen molar-refractivity contribution >= 4 is 34.5 Å². The number of hydrogen-bond donors (Lipinski definition) is 1. The van der Waals surface area contributed by atoms with E-state index < -0.39 is 16.5 Å². The number of aromatic nitrogens is 3. The van der Waals surface area contributed by atoms with Crippen molar-refractivity contribution in [1.82, 2.24) is 15.0 Å². The third-order valence-corrected chi connectivity index (χ3v) is 4.90. The van der Waals surface area contributed by atoms with Crippen LogP contribution in [0, 0.1) is 17.0 Å². The van der Waals surface area contributed by atoms with E-state index in [0.717, 1.165) is 0 Å². The highest BCUT2D eigenvalue weighted by atomic mass is 32.2. The van der Waals surface area contributed by atoms with Crippen molar-refractivity contribution in [2.45, 2.75) is 25.9 Å². The van der Waals surface area contributed by atoms with Crippen LogP contribution >= 0.6 is 11.8 Å². The maximum atomic E-state index is 12.9. The molecule has 0 saturated carbocycles. The number of non-ortho nitro benzene ring substituents is 1. The lowest BCUT2D eigenvalue weighted by Gasteiger charge is -2.14. The minimum absolute atomic E-state index is 0.102. The van der Waals surface area contributed by atoms with E-state index in [-0.39, 0.29) is 28.9 Å². The van der Waals surface area contributed by atoms with Crippen molar-refractivity contribution < 1.29 is 14.5 Å². The Kier molecular flexibility index (Phi) is 5.92. The fraction of sp³-hybridized carbons (Fsp3) is 0.263. The van der Waals surface area contributed by atoms with Crippen LogP contribution in [0.2, 0.25) is 0 Å². The maximum absolute atomic E-state index is 12.9. The minimum Gasteiger partial charge on any atom is -0.462 e. The molecule has 29 heavy (non-hydrogen) atoms. The Morgan fingerprint density at radius 2 is 1.93 bits per heavy atom. The number of nitrogens with one attached hydrogen (secondary N) is 1. The Balaban J connectivity index is 2.38. The molecule has 3 aromatic rings. The summed E-state index contributed by atoms with van der Waals surface area (Å²) in [6, 6.07) is 5.61. The van der Waals surface area contributed by atoms with Crippen LogP contribution in [0.1, 0.15) is 29.9 Å². The summed E-state index contributed by atoms with van der Waals surface area (Å²) in [5, 5.41) is 11.5. The highest BCUT2D eigenvalue weighted by molar-refractivity contribution is 7.99. The number of aromatic amines is 1. The summed E-state index contributed by atoms with van der Waals surface area (Å²) >= 11 is 1.36. The average Bonchev–Trinajstić information content (AvgIpc) is 2.67. The SMILES string of the molecule is CCOC(=O)c1c(C)nc2nc(SCC)[nH]c(=O)c2c1-c1ccc([N+](=O)[O-])cc1. The molecule has 0 atom stereocenters. The van der Waals surface area contributed by atoms with E-state index in [9.17, 15) is 19.7 Å². The van der Waals surface area contributed by atoms with Gasteiger partial charge < -0.3 is 9.72 Å². The summed E-state index contributed by atoms with van der Waals surface area (Å²) in [5.74, 6) is 0.0861. The zero-order valence-electron chi connectivity index (χ0n) is 16.0. The molecule has 0 saturated heterocycles. The number of nitro benzene ring substituents is 1. The Morgan fingerprint density at radius 3 is 2.52 bits per heavy atom. The number of rotatable bonds is 6. The Labute approximate surface area is 169 Å². The molecular formula is C19H18N4O5S. The van der Waals surface area contributed by atoms with E-state index in [2.05, 4.69) is 15.0 Å². The predicted molar refractivity (Wildman–Crippen MR) is 109 cm³/mol. The predicted octanol–water partition coefficient (Wildman–Crippen LogP) is 3.49. The van der Waals surface area contributed by atoms with Crippen LogP contribution in [0.15, 0.2) is 34.2 Å². The number of aryl methyl sites for hydroxylation is 1. The number of carbonyl (C=O) groups excluding carboxylic acids is 1. The largest absolute Gasteiger partial charge is 0.462 e. The molecule has 0 unspecified atom stereocenters. The van der Waals surface area contributed by atoms with Crippen molar-refractivity contribution in [2.24, 2.45) is 0 Å². The summed E-state index contributed by atoms with van der Waals surface area (Å²) in [5.41, 5.74) is 0.891. The second kappa shape index (κ2) is 8.39. The van der Waals surface area contributed by atoms with Gasteiger partial charge in [0.2, 0.25) is 0 Å². The fourth-order valence-electron chi connectivity index (χ4n) is 2.96. The normalized spacial score (nSPS) is 10.9. The Morgan fingerprint density at radius 1 is 1.24 bits per heavy atom. The van der Waals surface area contributed by atoms with Crippen LogP contribution in [0.3, 0.4) is 0 Å². The highest BCUT2D eigenvalue weighted by Crippen LogP contribution is 2.32. The van der Waals surface area contributed by atoms with Crippen molar-refractivity contribution in [3.8, 4) is 11.1 Å². The van der Waals surface area contributed by atoms with E-state index in [1.807, 2.05) is 6.92 Å². The van der Waals surface area contributed by atoms with Crippen molar-refractivity contribution in [3.63, 3.8) is 0 Å². The van der Waals surface area contributed by atoms with Crippen LogP contribution in [-0.2, 0) is 4.74 Å². The van der Waals surface area contributed by atoms with Crippen molar-refractivity contribution in [3.05, 3.63) is 56.0 Å². The number of hydrogen-bond acceptors (Lipinski definition) is 8. The number of benzene rings is 1. The molecule has 1 aromatic carbocycles. The summed E-state index contributed by atoms with van der Waals surface area (Å²) in [6.07, 6.45) is 0. The number of ether oxygens (including phenoxy) is 1. The molecule has 3 rings (SSSR count). The number of nitro groups is 1. The zero-order chi connectivity index (χ0) is 21.1. The average molecular weight is 414 g/mol. The molecule has 0 aliphatic rings. The van der Waals surface area contributed by atoms with Crippen LogP contribution in [-0.4, -0.2) is 38.2 Å². The Bertz CT molecular complexity index is 1160. The molecular weight excluding hydrogens is 396 g/mol. The van der Waals surface area contributed by atoms with Crippen LogP contribution in [0.4, 0.5) is 5.69 Å². The molecule has 2 heterocycles. The van der Waals surface area contributed by atoms with Crippen LogP contribution in [0.5, 0.6) is 0 Å². The first-order valence-corrected chi connectivity index (χ1v) is 9.85. The quantitative estimate of drug-likeness (QED) is 0.213. The smallest absolute Gasteiger partial charge is 0.340 e. The van der Waals surface area contributed by atoms with Gasteiger partial charge in [0, 0.05) is 17.7 Å². The molecule has 0 aliphatic carbocycles. The zero-order valence-corrected chi connectivity index (χ0v) is 16.8. The number of thioether (sulfide) groups is 1. The molecule has 9 nitrogen and oxygen atoms in total. The summed E-state index contributed by atoms with van der Waals surface area (Å²) < 4.78 is 5.16. The minimum atomic E-state index is -0.626. The number of nitrogens with zero attached hydrogens (tertiary/aromatic N) is 3. The molecule has 2 aromatic heterocycles. The lowest BCUT2D eigenvalue weighted by Crippen LogP contribution is -2.17. The van der Waals surface area contributed by atoms with E-state index in [1.54, 1.807) is 13.8 Å². The lowest BCUT2D eigenvalue weighted by atomic mass is 9.96. The van der Waals surface area contributed by atoms with Gasteiger partial charge in [0.1, 0.15) is 0 Å². The molecule has 10 heteroatoms. The fourth-order valence-corrected chi connectivity index (χ4v) is 3.55. The standard InChI is InChI=1S/C19H18N4O5S/c1-4-28-18(25)13-10(3)20-16-15(17(24)22-19(21-16)29-5-2)14(13)11-6-8-12(9-7-11)23(26)27/h6-9H,4-5H2,1-3H3,(H,20,21,22,24). The number of H-pyrrole nitrogens is 1. The molecule has 1 N–H and O–H groups in total. The topological polar surface area (TPSA) is 128 Å². The number of pyridine rings is 1.